The highest BCUT2D eigenvalue weighted by Gasteiger charge is 2.32. The standard InChI is InChI=1S/C23H38O4S/c1-2-3-4-5-6-8-11-20-13-14-22(27)21(20)12-9-7-10-15-23(18-25,19-26)28-17-16-24/h7-9,11,18,20-21,24,26H,2-6,10,12-17,19H2,1H3/t20-,21+,23-/m0/s1. The fourth-order valence-electron chi connectivity index (χ4n) is 3.70. The number of carbonyl (C=O) groups is 2. The van der Waals surface area contributed by atoms with E-state index >= 15 is 0 Å². The summed E-state index contributed by atoms with van der Waals surface area (Å²) in [7, 11) is 0. The van der Waals surface area contributed by atoms with Crippen LogP contribution in [0.4, 0.5) is 0 Å². The highest BCUT2D eigenvalue weighted by molar-refractivity contribution is 8.01. The van der Waals surface area contributed by atoms with Crippen molar-refractivity contribution < 1.29 is 19.8 Å². The fraction of sp³-hybridized carbons (Fsp3) is 0.739. The molecule has 0 aliphatic heterocycles. The van der Waals surface area contributed by atoms with Crippen molar-refractivity contribution in [3.63, 3.8) is 0 Å². The number of hydrogen-bond acceptors (Lipinski definition) is 5. The molecule has 3 atom stereocenters. The number of ketones is 1. The maximum Gasteiger partial charge on any atom is 0.138 e. The average Bonchev–Trinajstić information content (AvgIpc) is 3.06. The molecule has 0 unspecified atom stereocenters. The van der Waals surface area contributed by atoms with Crippen LogP contribution in [0.3, 0.4) is 0 Å². The molecular formula is C23H38O4S. The summed E-state index contributed by atoms with van der Waals surface area (Å²) >= 11 is 1.30. The van der Waals surface area contributed by atoms with Gasteiger partial charge >= 0.3 is 0 Å². The van der Waals surface area contributed by atoms with Crippen molar-refractivity contribution in [3.05, 3.63) is 24.3 Å². The molecule has 1 aliphatic carbocycles. The van der Waals surface area contributed by atoms with Crippen molar-refractivity contribution in [2.45, 2.75) is 75.9 Å². The van der Waals surface area contributed by atoms with Gasteiger partial charge in [0.15, 0.2) is 0 Å². The number of hydrogen-bond donors (Lipinski definition) is 2. The summed E-state index contributed by atoms with van der Waals surface area (Å²) in [4.78, 5) is 23.6. The average molecular weight is 411 g/mol. The van der Waals surface area contributed by atoms with Crippen LogP contribution >= 0.6 is 11.8 Å². The van der Waals surface area contributed by atoms with Gasteiger partial charge in [-0.15, -0.1) is 11.8 Å². The van der Waals surface area contributed by atoms with Crippen LogP contribution in [0.25, 0.3) is 0 Å². The van der Waals surface area contributed by atoms with Crippen LogP contribution in [0.15, 0.2) is 24.3 Å². The van der Waals surface area contributed by atoms with E-state index in [0.29, 0.717) is 36.7 Å². The number of Topliss-reactive ketones (excluding diaryl/α,β-unsaturated/α-hetero) is 1. The minimum atomic E-state index is -0.834. The second kappa shape index (κ2) is 15.0. The third-order valence-corrected chi connectivity index (χ3v) is 6.91. The number of unbranched alkanes of at least 4 members (excludes halogenated alkanes) is 4. The molecule has 0 aromatic carbocycles. The normalized spacial score (nSPS) is 22.3. The van der Waals surface area contributed by atoms with Crippen LogP contribution < -0.4 is 0 Å². The molecule has 0 heterocycles. The van der Waals surface area contributed by atoms with Crippen LogP contribution in [0.1, 0.15) is 71.1 Å². The van der Waals surface area contributed by atoms with Crippen molar-refractivity contribution in [2.24, 2.45) is 11.8 Å². The molecule has 0 radical (unpaired) electrons. The zero-order chi connectivity index (χ0) is 20.7. The van der Waals surface area contributed by atoms with Gasteiger partial charge in [0.1, 0.15) is 12.1 Å². The number of aliphatic hydroxyl groups is 2. The van der Waals surface area contributed by atoms with E-state index in [1.165, 1.54) is 37.4 Å². The van der Waals surface area contributed by atoms with Gasteiger partial charge in [-0.05, 0) is 44.4 Å². The van der Waals surface area contributed by atoms with Crippen molar-refractivity contribution in [1.29, 1.82) is 0 Å². The number of thioether (sulfide) groups is 1. The Hall–Kier alpha value is -0.910. The molecule has 4 nitrogen and oxygen atoms in total. The van der Waals surface area contributed by atoms with Gasteiger partial charge < -0.3 is 15.0 Å². The van der Waals surface area contributed by atoms with E-state index in [9.17, 15) is 14.7 Å². The molecule has 5 heteroatoms. The van der Waals surface area contributed by atoms with Gasteiger partial charge in [0.2, 0.25) is 0 Å². The van der Waals surface area contributed by atoms with Crippen LogP contribution in [-0.4, -0.2) is 46.0 Å². The van der Waals surface area contributed by atoms with Crippen LogP contribution in [0, 0.1) is 11.8 Å². The molecule has 0 spiro atoms. The number of aliphatic hydroxyl groups excluding tert-OH is 2. The van der Waals surface area contributed by atoms with Gasteiger partial charge in [0.25, 0.3) is 0 Å². The Morgan fingerprint density at radius 1 is 1.14 bits per heavy atom. The molecule has 1 saturated carbocycles. The number of aldehydes is 1. The van der Waals surface area contributed by atoms with Gasteiger partial charge in [0, 0.05) is 18.1 Å². The molecule has 0 aromatic heterocycles. The molecule has 160 valence electrons. The van der Waals surface area contributed by atoms with E-state index in [1.807, 2.05) is 6.08 Å². The lowest BCUT2D eigenvalue weighted by molar-refractivity contribution is -0.120. The summed E-state index contributed by atoms with van der Waals surface area (Å²) < 4.78 is -0.834. The van der Waals surface area contributed by atoms with Crippen LogP contribution in [0.2, 0.25) is 0 Å². The summed E-state index contributed by atoms with van der Waals surface area (Å²) in [6, 6.07) is 0. The molecule has 0 aromatic rings. The predicted molar refractivity (Wildman–Crippen MR) is 118 cm³/mol. The van der Waals surface area contributed by atoms with Crippen molar-refractivity contribution in [3.8, 4) is 0 Å². The highest BCUT2D eigenvalue weighted by atomic mass is 32.2. The summed E-state index contributed by atoms with van der Waals surface area (Å²) in [6.07, 6.45) is 19.1. The number of rotatable bonds is 16. The second-order valence-corrected chi connectivity index (χ2v) is 9.22. The lowest BCUT2D eigenvalue weighted by Crippen LogP contribution is -2.32. The predicted octanol–water partition coefficient (Wildman–Crippen LogP) is 4.49. The Labute approximate surface area is 174 Å². The highest BCUT2D eigenvalue weighted by Crippen LogP contribution is 2.33. The number of carbonyl (C=O) groups excluding carboxylic acids is 2. The SMILES string of the molecule is CCCCCCC=C[C@H]1CCC(=O)[C@@H]1CC=CCC[C@](C=O)(CO)SCCO. The Kier molecular flexibility index (Phi) is 13.5. The summed E-state index contributed by atoms with van der Waals surface area (Å²) in [5, 5.41) is 18.5. The Balaban J connectivity index is 2.42. The minimum Gasteiger partial charge on any atom is -0.396 e. The lowest BCUT2D eigenvalue weighted by atomic mass is 9.91. The zero-order valence-corrected chi connectivity index (χ0v) is 18.2. The van der Waals surface area contributed by atoms with Gasteiger partial charge in [-0.2, -0.15) is 0 Å². The van der Waals surface area contributed by atoms with E-state index in [-0.39, 0.29) is 19.1 Å². The Morgan fingerprint density at radius 2 is 1.96 bits per heavy atom. The van der Waals surface area contributed by atoms with Gasteiger partial charge in [-0.3, -0.25) is 4.79 Å². The zero-order valence-electron chi connectivity index (χ0n) is 17.4. The first kappa shape index (κ1) is 25.1. The van der Waals surface area contributed by atoms with E-state index < -0.39 is 4.75 Å². The molecule has 28 heavy (non-hydrogen) atoms. The first-order valence-electron chi connectivity index (χ1n) is 10.8. The molecule has 1 fully saturated rings. The molecule has 2 N–H and O–H groups in total. The molecule has 1 rings (SSSR count). The summed E-state index contributed by atoms with van der Waals surface area (Å²) in [6.45, 7) is 1.99. The molecule has 0 bridgehead atoms. The maximum atomic E-state index is 12.2. The molecular weight excluding hydrogens is 372 g/mol. The quantitative estimate of drug-likeness (QED) is 0.223. The Morgan fingerprint density at radius 3 is 2.64 bits per heavy atom. The van der Waals surface area contributed by atoms with Crippen LogP contribution in [-0.2, 0) is 9.59 Å². The van der Waals surface area contributed by atoms with Crippen molar-refractivity contribution >= 4 is 23.8 Å². The summed E-state index contributed by atoms with van der Waals surface area (Å²) in [5.74, 6) is 1.24. The second-order valence-electron chi connectivity index (χ2n) is 7.71. The van der Waals surface area contributed by atoms with Crippen molar-refractivity contribution in [2.75, 3.05) is 19.0 Å². The molecule has 0 saturated heterocycles. The summed E-state index contributed by atoms with van der Waals surface area (Å²) in [5.41, 5.74) is 0. The molecule has 1 aliphatic rings. The monoisotopic (exact) mass is 410 g/mol. The first-order chi connectivity index (χ1) is 13.6. The maximum absolute atomic E-state index is 12.2. The van der Waals surface area contributed by atoms with Gasteiger partial charge in [-0.1, -0.05) is 50.5 Å². The lowest BCUT2D eigenvalue weighted by Gasteiger charge is -2.24. The van der Waals surface area contributed by atoms with Crippen LogP contribution in [0.5, 0.6) is 0 Å². The Bertz CT molecular complexity index is 503. The van der Waals surface area contributed by atoms with E-state index in [4.69, 9.17) is 5.11 Å². The molecule has 0 amide bonds. The fourth-order valence-corrected chi connectivity index (χ4v) is 4.61. The van der Waals surface area contributed by atoms with E-state index in [2.05, 4.69) is 25.2 Å². The minimum absolute atomic E-state index is 0.00655. The van der Waals surface area contributed by atoms with Gasteiger partial charge in [-0.25, -0.2) is 0 Å². The van der Waals surface area contributed by atoms with E-state index in [0.717, 1.165) is 25.5 Å². The third-order valence-electron chi connectivity index (χ3n) is 5.52. The van der Waals surface area contributed by atoms with Crippen molar-refractivity contribution in [1.82, 2.24) is 0 Å². The number of allylic oxidation sites excluding steroid dienone is 4. The smallest absolute Gasteiger partial charge is 0.138 e. The largest absolute Gasteiger partial charge is 0.396 e. The topological polar surface area (TPSA) is 74.6 Å². The van der Waals surface area contributed by atoms with Gasteiger partial charge in [0.05, 0.1) is 18.0 Å². The first-order valence-corrected chi connectivity index (χ1v) is 11.8. The van der Waals surface area contributed by atoms with E-state index in [1.54, 1.807) is 0 Å². The third kappa shape index (κ3) is 9.06.